The number of fused-ring (bicyclic) bond motifs is 7. The molecule has 4 saturated carbocycles. The zero-order chi connectivity index (χ0) is 17.0. The molecule has 0 saturated heterocycles. The monoisotopic (exact) mass is 328 g/mol. The summed E-state index contributed by atoms with van der Waals surface area (Å²) in [6.45, 7) is 9.66. The van der Waals surface area contributed by atoms with Crippen molar-refractivity contribution in [1.82, 2.24) is 0 Å². The van der Waals surface area contributed by atoms with Gasteiger partial charge in [0.2, 0.25) is 0 Å². The van der Waals surface area contributed by atoms with Crippen molar-refractivity contribution in [1.29, 1.82) is 0 Å². The topological polar surface area (TPSA) is 37.3 Å². The normalized spacial score (nSPS) is 61.4. The minimum absolute atomic E-state index is 0.0614. The summed E-state index contributed by atoms with van der Waals surface area (Å²) < 4.78 is 0. The molecule has 0 spiro atoms. The summed E-state index contributed by atoms with van der Waals surface area (Å²) in [4.78, 5) is 12.1. The second-order valence-electron chi connectivity index (χ2n) is 10.4. The summed E-state index contributed by atoms with van der Waals surface area (Å²) >= 11 is 0. The molecule has 0 aromatic heterocycles. The first-order chi connectivity index (χ1) is 11.3. The van der Waals surface area contributed by atoms with Gasteiger partial charge >= 0.3 is 0 Å². The molecule has 4 fully saturated rings. The number of hydrogen-bond acceptors (Lipinski definition) is 2. The predicted molar refractivity (Wildman–Crippen MR) is 94.2 cm³/mol. The lowest BCUT2D eigenvalue weighted by molar-refractivity contribution is -0.126. The summed E-state index contributed by atoms with van der Waals surface area (Å²) in [6, 6.07) is 0. The molecule has 5 aliphatic rings. The van der Waals surface area contributed by atoms with Crippen LogP contribution in [0.5, 0.6) is 0 Å². The van der Waals surface area contributed by atoms with Crippen molar-refractivity contribution in [2.45, 2.75) is 65.9 Å². The van der Waals surface area contributed by atoms with Crippen molar-refractivity contribution in [2.75, 3.05) is 0 Å². The molecule has 0 heterocycles. The summed E-state index contributed by atoms with van der Waals surface area (Å²) in [5.74, 6) is 5.04. The summed E-state index contributed by atoms with van der Waals surface area (Å²) in [7, 11) is 0. The number of rotatable bonds is 0. The molecule has 0 radical (unpaired) electrons. The third-order valence-electron chi connectivity index (χ3n) is 9.64. The Kier molecular flexibility index (Phi) is 2.96. The van der Waals surface area contributed by atoms with Gasteiger partial charge < -0.3 is 5.11 Å². The molecule has 132 valence electrons. The Labute approximate surface area is 146 Å². The van der Waals surface area contributed by atoms with Crippen molar-refractivity contribution >= 4 is 5.78 Å². The van der Waals surface area contributed by atoms with Crippen LogP contribution in [0.3, 0.4) is 0 Å². The van der Waals surface area contributed by atoms with Gasteiger partial charge in [-0.1, -0.05) is 33.3 Å². The largest absolute Gasteiger partial charge is 0.392 e. The van der Waals surface area contributed by atoms with Crippen LogP contribution in [0.4, 0.5) is 0 Å². The Bertz CT molecular complexity index is 636. The second-order valence-corrected chi connectivity index (χ2v) is 10.4. The number of hydrogen-bond donors (Lipinski definition) is 1. The Morgan fingerprint density at radius 1 is 1.17 bits per heavy atom. The summed E-state index contributed by atoms with van der Waals surface area (Å²) in [6.07, 6.45) is 7.45. The maximum atomic E-state index is 12.1. The lowest BCUT2D eigenvalue weighted by atomic mass is 9.42. The molecule has 24 heavy (non-hydrogen) atoms. The van der Waals surface area contributed by atoms with Crippen molar-refractivity contribution in [3.8, 4) is 0 Å². The van der Waals surface area contributed by atoms with Crippen LogP contribution >= 0.6 is 0 Å². The van der Waals surface area contributed by atoms with E-state index in [-0.39, 0.29) is 16.9 Å². The lowest BCUT2D eigenvalue weighted by Gasteiger charge is -2.62. The predicted octanol–water partition coefficient (Wildman–Crippen LogP) is 4.23. The van der Waals surface area contributed by atoms with Gasteiger partial charge in [-0.3, -0.25) is 4.79 Å². The molecule has 0 aliphatic heterocycles. The van der Waals surface area contributed by atoms with Gasteiger partial charge in [0.05, 0.1) is 6.10 Å². The molecule has 2 heteroatoms. The molecule has 2 nitrogen and oxygen atoms in total. The quantitative estimate of drug-likeness (QED) is 0.722. The van der Waals surface area contributed by atoms with Gasteiger partial charge in [-0.15, -0.1) is 0 Å². The Morgan fingerprint density at radius 3 is 2.67 bits per heavy atom. The minimum Gasteiger partial charge on any atom is -0.392 e. The van der Waals surface area contributed by atoms with E-state index in [4.69, 9.17) is 0 Å². The van der Waals surface area contributed by atoms with E-state index in [1.54, 1.807) is 0 Å². The Balaban J connectivity index is 1.61. The number of aliphatic hydroxyl groups is 1. The van der Waals surface area contributed by atoms with E-state index in [2.05, 4.69) is 27.7 Å². The highest BCUT2D eigenvalue weighted by molar-refractivity contribution is 5.91. The van der Waals surface area contributed by atoms with Crippen molar-refractivity contribution < 1.29 is 9.90 Å². The number of carbonyl (C=O) groups excluding carboxylic acids is 1. The smallest absolute Gasteiger partial charge is 0.155 e. The van der Waals surface area contributed by atoms with Crippen LogP contribution in [0, 0.1) is 52.3 Å². The molecule has 0 bridgehead atoms. The first-order valence-electron chi connectivity index (χ1n) is 10.2. The molecule has 5 aliphatic carbocycles. The van der Waals surface area contributed by atoms with Gasteiger partial charge in [-0.25, -0.2) is 0 Å². The Morgan fingerprint density at radius 2 is 1.92 bits per heavy atom. The molecule has 0 aromatic carbocycles. The van der Waals surface area contributed by atoms with E-state index >= 15 is 0 Å². The van der Waals surface area contributed by atoms with Crippen molar-refractivity contribution in [3.05, 3.63) is 11.6 Å². The van der Waals surface area contributed by atoms with Gasteiger partial charge in [0.1, 0.15) is 0 Å². The van der Waals surface area contributed by atoms with Gasteiger partial charge in [-0.05, 0) is 84.0 Å². The summed E-state index contributed by atoms with van der Waals surface area (Å²) in [5.41, 5.74) is 1.84. The van der Waals surface area contributed by atoms with Crippen LogP contribution in [-0.4, -0.2) is 17.0 Å². The molecule has 9 unspecified atom stereocenters. The van der Waals surface area contributed by atoms with Crippen LogP contribution in [0.15, 0.2) is 11.6 Å². The summed E-state index contributed by atoms with van der Waals surface area (Å²) in [5, 5.41) is 10.9. The average molecular weight is 328 g/mol. The molecule has 10 atom stereocenters. The zero-order valence-electron chi connectivity index (χ0n) is 15.6. The van der Waals surface area contributed by atoms with E-state index in [0.29, 0.717) is 35.4 Å². The SMILES string of the molecule is CC1C2C(CCC3(C)C(O)C4CC4C23)C2(C)CCC(=O)C=C2[C@@H]1C. The highest BCUT2D eigenvalue weighted by atomic mass is 16.3. The number of aliphatic hydroxyl groups excluding tert-OH is 1. The molecule has 0 aromatic rings. The van der Waals surface area contributed by atoms with Gasteiger partial charge in [0.15, 0.2) is 5.78 Å². The third-order valence-corrected chi connectivity index (χ3v) is 9.64. The average Bonchev–Trinajstić information content (AvgIpc) is 3.29. The van der Waals surface area contributed by atoms with Crippen LogP contribution in [-0.2, 0) is 4.79 Å². The molecular formula is C22H32O2. The first-order valence-corrected chi connectivity index (χ1v) is 10.2. The van der Waals surface area contributed by atoms with Gasteiger partial charge in [0, 0.05) is 6.42 Å². The Hall–Kier alpha value is -0.630. The zero-order valence-corrected chi connectivity index (χ0v) is 15.6. The molecule has 0 amide bonds. The number of allylic oxidation sites excluding steroid dienone is 1. The first kappa shape index (κ1) is 15.6. The van der Waals surface area contributed by atoms with E-state index in [1.165, 1.54) is 24.8 Å². The maximum absolute atomic E-state index is 12.1. The standard InChI is InChI=1S/C22H32O2/c1-11-12(2)18-16(21(3)7-5-13(23)9-17(11)21)6-8-22(4)19(18)14-10-15(14)20(22)24/h9,11-12,14-16,18-20,24H,5-8,10H2,1-4H3/t11-,12?,14?,15?,16?,18?,19?,20?,21?,22?/m1/s1. The highest BCUT2D eigenvalue weighted by Gasteiger charge is 2.71. The third kappa shape index (κ3) is 1.65. The minimum atomic E-state index is -0.0614. The number of ketones is 1. The van der Waals surface area contributed by atoms with E-state index in [0.717, 1.165) is 24.7 Å². The lowest BCUT2D eigenvalue weighted by Crippen LogP contribution is -2.57. The van der Waals surface area contributed by atoms with Crippen LogP contribution in [0.25, 0.3) is 0 Å². The molecule has 5 rings (SSSR count). The highest BCUT2D eigenvalue weighted by Crippen LogP contribution is 2.74. The van der Waals surface area contributed by atoms with Crippen molar-refractivity contribution in [2.24, 2.45) is 52.3 Å². The molecule has 1 N–H and O–H groups in total. The van der Waals surface area contributed by atoms with E-state index < -0.39 is 0 Å². The number of carbonyl (C=O) groups is 1. The fraction of sp³-hybridized carbons (Fsp3) is 0.864. The fourth-order valence-corrected chi connectivity index (χ4v) is 8.18. The van der Waals surface area contributed by atoms with Crippen LogP contribution in [0.2, 0.25) is 0 Å². The second kappa shape index (κ2) is 4.55. The maximum Gasteiger partial charge on any atom is 0.155 e. The van der Waals surface area contributed by atoms with Gasteiger partial charge in [-0.2, -0.15) is 0 Å². The van der Waals surface area contributed by atoms with E-state index in [9.17, 15) is 9.90 Å². The van der Waals surface area contributed by atoms with Gasteiger partial charge in [0.25, 0.3) is 0 Å². The van der Waals surface area contributed by atoms with Crippen molar-refractivity contribution in [3.63, 3.8) is 0 Å². The fourth-order valence-electron chi connectivity index (χ4n) is 8.18. The molecular weight excluding hydrogens is 296 g/mol. The van der Waals surface area contributed by atoms with Crippen LogP contribution in [0.1, 0.15) is 59.8 Å². The van der Waals surface area contributed by atoms with Crippen LogP contribution < -0.4 is 0 Å². The van der Waals surface area contributed by atoms with E-state index in [1.807, 2.05) is 6.08 Å².